The molecule has 3 aromatic carbocycles. The predicted octanol–water partition coefficient (Wildman–Crippen LogP) is 7.04. The first kappa shape index (κ1) is 20.2. The van der Waals surface area contributed by atoms with Crippen molar-refractivity contribution in [1.82, 2.24) is 0 Å². The van der Waals surface area contributed by atoms with Gasteiger partial charge in [-0.25, -0.2) is 4.39 Å². The molecule has 0 bridgehead atoms. The van der Waals surface area contributed by atoms with Gasteiger partial charge in [0.1, 0.15) is 5.60 Å². The Balaban J connectivity index is 2.00. The smallest absolute Gasteiger partial charge is 0.170 e. The minimum Gasteiger partial charge on any atom is -0.480 e. The lowest BCUT2D eigenvalue weighted by Gasteiger charge is -2.26. The summed E-state index contributed by atoms with van der Waals surface area (Å²) in [7, 11) is -0.371. The lowest BCUT2D eigenvalue weighted by atomic mass is 10.0. The Morgan fingerprint density at radius 3 is 1.93 bits per heavy atom. The van der Waals surface area contributed by atoms with Crippen LogP contribution in [0.5, 0.6) is 5.75 Å². The Bertz CT molecular complexity index is 884. The summed E-state index contributed by atoms with van der Waals surface area (Å²) in [4.78, 5) is 3.26. The van der Waals surface area contributed by atoms with Crippen molar-refractivity contribution in [3.63, 3.8) is 0 Å². The molecule has 0 aliphatic rings. The summed E-state index contributed by atoms with van der Waals surface area (Å²) in [6.45, 7) is 5.95. The Kier molecular flexibility index (Phi) is 6.58. The topological polar surface area (TPSA) is 9.23 Å². The normalized spacial score (nSPS) is 13.6. The van der Waals surface area contributed by atoms with Crippen molar-refractivity contribution in [2.24, 2.45) is 0 Å². The van der Waals surface area contributed by atoms with Crippen LogP contribution in [-0.2, 0) is 10.9 Å². The van der Waals surface area contributed by atoms with Gasteiger partial charge in [-0.2, -0.15) is 0 Å². The van der Waals surface area contributed by atoms with Crippen molar-refractivity contribution in [3.8, 4) is 5.75 Å². The molecule has 0 amide bonds. The minimum absolute atomic E-state index is 0.288. The van der Waals surface area contributed by atoms with Gasteiger partial charge in [-0.05, 0) is 62.7 Å². The molecule has 0 N–H and O–H groups in total. The molecular formula is C25H26FOS+. The number of hydrogen-bond donors (Lipinski definition) is 0. The van der Waals surface area contributed by atoms with Gasteiger partial charge in [0.25, 0.3) is 0 Å². The average molecular weight is 394 g/mol. The van der Waals surface area contributed by atoms with Crippen LogP contribution in [0.2, 0.25) is 0 Å². The maximum atomic E-state index is 15.0. The molecule has 28 heavy (non-hydrogen) atoms. The Morgan fingerprint density at radius 1 is 0.893 bits per heavy atom. The van der Waals surface area contributed by atoms with E-state index < -0.39 is 5.60 Å². The lowest BCUT2D eigenvalue weighted by Crippen LogP contribution is -2.29. The van der Waals surface area contributed by atoms with E-state index >= 15 is 4.39 Å². The quantitative estimate of drug-likeness (QED) is 0.309. The Hall–Kier alpha value is -2.52. The highest BCUT2D eigenvalue weighted by Gasteiger charge is 2.30. The van der Waals surface area contributed by atoms with Crippen molar-refractivity contribution in [1.29, 1.82) is 0 Å². The largest absolute Gasteiger partial charge is 0.480 e. The van der Waals surface area contributed by atoms with E-state index in [9.17, 15) is 0 Å². The third-order valence-electron chi connectivity index (χ3n) is 4.66. The molecule has 0 aliphatic heterocycles. The Labute approximate surface area is 170 Å². The molecule has 3 rings (SSSR count). The third kappa shape index (κ3) is 4.66. The summed E-state index contributed by atoms with van der Waals surface area (Å²) in [6, 6.07) is 25.8. The molecule has 0 radical (unpaired) electrons. The molecule has 3 aromatic rings. The van der Waals surface area contributed by atoms with Gasteiger partial charge in [0.15, 0.2) is 26.3 Å². The molecule has 144 valence electrons. The summed E-state index contributed by atoms with van der Waals surface area (Å²) in [6.07, 6.45) is 4.67. The fourth-order valence-electron chi connectivity index (χ4n) is 3.04. The highest BCUT2D eigenvalue weighted by atomic mass is 32.2. The first-order valence-corrected chi connectivity index (χ1v) is 10.8. The monoisotopic (exact) mass is 393 g/mol. The summed E-state index contributed by atoms with van der Waals surface area (Å²) in [5.41, 5.74) is -0.516. The highest BCUT2D eigenvalue weighted by molar-refractivity contribution is 7.97. The maximum Gasteiger partial charge on any atom is 0.170 e. The summed E-state index contributed by atoms with van der Waals surface area (Å²) < 4.78 is 21.0. The average Bonchev–Trinajstić information content (AvgIpc) is 2.72. The molecule has 0 aromatic heterocycles. The van der Waals surface area contributed by atoms with Crippen LogP contribution in [0, 0.1) is 5.82 Å². The minimum atomic E-state index is -0.516. The second-order valence-electron chi connectivity index (χ2n) is 6.79. The fraction of sp³-hybridized carbons (Fsp3) is 0.200. The molecule has 3 heteroatoms. The van der Waals surface area contributed by atoms with E-state index in [0.717, 1.165) is 21.1 Å². The zero-order chi connectivity index (χ0) is 20.0. The van der Waals surface area contributed by atoms with Gasteiger partial charge in [0.05, 0.1) is 10.9 Å². The molecule has 1 unspecified atom stereocenters. The SMILES string of the molecule is C/C=C\C(C)(CC)Oc1ccc([S+](c2ccccc2)c2ccccc2)cc1F. The van der Waals surface area contributed by atoms with Gasteiger partial charge in [-0.15, -0.1) is 0 Å². The van der Waals surface area contributed by atoms with Crippen LogP contribution < -0.4 is 4.74 Å². The number of benzene rings is 3. The van der Waals surface area contributed by atoms with Gasteiger partial charge < -0.3 is 4.74 Å². The van der Waals surface area contributed by atoms with Crippen molar-refractivity contribution < 1.29 is 9.13 Å². The zero-order valence-corrected chi connectivity index (χ0v) is 17.4. The van der Waals surface area contributed by atoms with E-state index in [1.54, 1.807) is 12.1 Å². The second-order valence-corrected chi connectivity index (χ2v) is 8.82. The summed E-state index contributed by atoms with van der Waals surface area (Å²) >= 11 is 0. The van der Waals surface area contributed by atoms with Crippen molar-refractivity contribution in [2.75, 3.05) is 0 Å². The van der Waals surface area contributed by atoms with Crippen LogP contribution >= 0.6 is 0 Å². The van der Waals surface area contributed by atoms with E-state index in [-0.39, 0.29) is 22.5 Å². The second kappa shape index (κ2) is 9.11. The number of hydrogen-bond acceptors (Lipinski definition) is 1. The van der Waals surface area contributed by atoms with Crippen LogP contribution in [0.1, 0.15) is 27.2 Å². The molecule has 0 aliphatic carbocycles. The molecule has 1 nitrogen and oxygen atoms in total. The van der Waals surface area contributed by atoms with Crippen LogP contribution in [0.3, 0.4) is 0 Å². The van der Waals surface area contributed by atoms with Crippen molar-refractivity contribution >= 4 is 10.9 Å². The molecule has 1 atom stereocenters. The number of ether oxygens (including phenoxy) is 1. The molecule has 0 saturated carbocycles. The number of halogens is 1. The molecular weight excluding hydrogens is 367 g/mol. The van der Waals surface area contributed by atoms with Gasteiger partial charge in [-0.1, -0.05) is 49.4 Å². The van der Waals surface area contributed by atoms with E-state index in [0.29, 0.717) is 0 Å². The van der Waals surface area contributed by atoms with Crippen LogP contribution in [0.25, 0.3) is 0 Å². The standard InChI is InChI=1S/C25H26FOS/c1-4-18-25(3,5-2)27-24-17-16-22(19-23(24)26)28(20-12-8-6-9-13-20)21-14-10-7-11-15-21/h4,6-19H,5H2,1-3H3/q+1/b18-4-. The third-order valence-corrected chi connectivity index (χ3v) is 6.87. The van der Waals surface area contributed by atoms with Crippen LogP contribution in [0.15, 0.2) is 106 Å². The van der Waals surface area contributed by atoms with Crippen molar-refractivity contribution in [2.45, 2.75) is 47.5 Å². The summed E-state index contributed by atoms with van der Waals surface area (Å²) in [5.74, 6) is -0.0399. The van der Waals surface area contributed by atoms with E-state index in [4.69, 9.17) is 4.74 Å². The Morgan fingerprint density at radius 2 is 1.46 bits per heavy atom. The van der Waals surface area contributed by atoms with Crippen molar-refractivity contribution in [3.05, 3.63) is 96.8 Å². The zero-order valence-electron chi connectivity index (χ0n) is 16.6. The molecule has 0 heterocycles. The van der Waals surface area contributed by atoms with E-state index in [1.807, 2.05) is 75.4 Å². The van der Waals surface area contributed by atoms with E-state index in [1.165, 1.54) is 0 Å². The predicted molar refractivity (Wildman–Crippen MR) is 116 cm³/mol. The lowest BCUT2D eigenvalue weighted by molar-refractivity contribution is 0.129. The first-order valence-electron chi connectivity index (χ1n) is 9.53. The molecule has 0 fully saturated rings. The number of rotatable bonds is 7. The van der Waals surface area contributed by atoms with Crippen LogP contribution in [-0.4, -0.2) is 5.60 Å². The molecule has 0 saturated heterocycles. The summed E-state index contributed by atoms with van der Waals surface area (Å²) in [5, 5.41) is 0. The van der Waals surface area contributed by atoms with Gasteiger partial charge in [0, 0.05) is 6.07 Å². The maximum absolute atomic E-state index is 15.0. The first-order chi connectivity index (χ1) is 13.6. The highest BCUT2D eigenvalue weighted by Crippen LogP contribution is 2.34. The van der Waals surface area contributed by atoms with E-state index in [2.05, 4.69) is 24.3 Å². The van der Waals surface area contributed by atoms with Gasteiger partial charge in [0.2, 0.25) is 0 Å². The van der Waals surface area contributed by atoms with Crippen LogP contribution in [0.4, 0.5) is 4.39 Å². The van der Waals surface area contributed by atoms with Gasteiger partial charge in [-0.3, -0.25) is 0 Å². The fourth-order valence-corrected chi connectivity index (χ4v) is 5.14. The van der Waals surface area contributed by atoms with Gasteiger partial charge >= 0.3 is 0 Å². The number of allylic oxidation sites excluding steroid dienone is 1. The molecule has 0 spiro atoms.